The van der Waals surface area contributed by atoms with Crippen LogP contribution in [0.3, 0.4) is 0 Å². The van der Waals surface area contributed by atoms with Gasteiger partial charge in [0.15, 0.2) is 11.6 Å². The van der Waals surface area contributed by atoms with Crippen LogP contribution in [0.4, 0.5) is 4.39 Å². The molecule has 0 aliphatic carbocycles. The number of rotatable bonds is 2. The number of hydrogen-bond donors (Lipinski definition) is 1. The zero-order chi connectivity index (χ0) is 11.6. The van der Waals surface area contributed by atoms with Crippen molar-refractivity contribution in [2.75, 3.05) is 7.11 Å². The lowest BCUT2D eigenvalue weighted by atomic mass is 10.0. The van der Waals surface area contributed by atoms with E-state index in [0.29, 0.717) is 0 Å². The van der Waals surface area contributed by atoms with E-state index in [2.05, 4.69) is 15.9 Å². The van der Waals surface area contributed by atoms with Crippen molar-refractivity contribution in [2.45, 2.75) is 12.8 Å². The molecule has 1 aromatic carbocycles. The van der Waals surface area contributed by atoms with E-state index in [4.69, 9.17) is 10.00 Å². The van der Waals surface area contributed by atoms with Crippen LogP contribution in [0.25, 0.3) is 0 Å². The third-order valence-electron chi connectivity index (χ3n) is 2.04. The van der Waals surface area contributed by atoms with Gasteiger partial charge >= 0.3 is 0 Å². The summed E-state index contributed by atoms with van der Waals surface area (Å²) in [7, 11) is 1.30. The number of nitriles is 1. The summed E-state index contributed by atoms with van der Waals surface area (Å²) in [6.07, 6.45) is 0. The fourth-order valence-electron chi connectivity index (χ4n) is 1.20. The molecule has 80 valence electrons. The van der Waals surface area contributed by atoms with Gasteiger partial charge in [0.1, 0.15) is 10.2 Å². The maximum atomic E-state index is 13.4. The third kappa shape index (κ3) is 2.05. The number of halogens is 2. The molecule has 0 spiro atoms. The maximum Gasteiger partial charge on any atom is 0.172 e. The molecule has 0 bridgehead atoms. The van der Waals surface area contributed by atoms with Crippen LogP contribution in [0.5, 0.6) is 11.5 Å². The fourth-order valence-corrected chi connectivity index (χ4v) is 1.78. The van der Waals surface area contributed by atoms with Crippen LogP contribution in [-0.2, 0) is 0 Å². The minimum Gasteiger partial charge on any atom is -0.506 e. The van der Waals surface area contributed by atoms with E-state index in [1.807, 2.05) is 6.07 Å². The lowest BCUT2D eigenvalue weighted by Crippen LogP contribution is -1.96. The number of benzene rings is 1. The number of phenolic OH excluding ortho intramolecular Hbond substituents is 1. The van der Waals surface area contributed by atoms with Gasteiger partial charge in [0.25, 0.3) is 0 Å². The molecule has 0 amide bonds. The standard InChI is InChI=1S/C10H9BrFNO2/c1-5(4-13)6-3-7(12)10(15-2)8(11)9(6)14/h3,5,14H,1-2H3. The second kappa shape index (κ2) is 4.49. The van der Waals surface area contributed by atoms with Crippen LogP contribution in [0.15, 0.2) is 10.5 Å². The molecule has 0 radical (unpaired) electrons. The molecule has 5 heteroatoms. The Morgan fingerprint density at radius 2 is 2.27 bits per heavy atom. The largest absolute Gasteiger partial charge is 0.506 e. The van der Waals surface area contributed by atoms with Gasteiger partial charge in [0, 0.05) is 5.56 Å². The smallest absolute Gasteiger partial charge is 0.172 e. The number of methoxy groups -OCH3 is 1. The Hall–Kier alpha value is -1.28. The topological polar surface area (TPSA) is 53.2 Å². The van der Waals surface area contributed by atoms with E-state index in [1.165, 1.54) is 7.11 Å². The van der Waals surface area contributed by atoms with Crippen LogP contribution in [0.2, 0.25) is 0 Å². The first-order valence-electron chi connectivity index (χ1n) is 4.17. The Balaban J connectivity index is 3.42. The first-order chi connectivity index (χ1) is 7.02. The predicted octanol–water partition coefficient (Wildman–Crippen LogP) is 2.93. The second-order valence-corrected chi connectivity index (χ2v) is 3.79. The molecule has 0 aromatic heterocycles. The zero-order valence-corrected chi connectivity index (χ0v) is 9.80. The number of phenols is 1. The molecule has 0 fully saturated rings. The summed E-state index contributed by atoms with van der Waals surface area (Å²) in [5.74, 6) is -1.43. The van der Waals surface area contributed by atoms with Crippen molar-refractivity contribution < 1.29 is 14.2 Å². The van der Waals surface area contributed by atoms with Crippen molar-refractivity contribution in [1.29, 1.82) is 5.26 Å². The van der Waals surface area contributed by atoms with Gasteiger partial charge in [-0.15, -0.1) is 0 Å². The van der Waals surface area contributed by atoms with Crippen LogP contribution in [0, 0.1) is 17.1 Å². The third-order valence-corrected chi connectivity index (χ3v) is 2.78. The molecule has 0 saturated carbocycles. The fraction of sp³-hybridized carbons (Fsp3) is 0.300. The van der Waals surface area contributed by atoms with Gasteiger partial charge in [-0.05, 0) is 28.9 Å². The van der Waals surface area contributed by atoms with E-state index in [0.717, 1.165) is 6.07 Å². The highest BCUT2D eigenvalue weighted by Crippen LogP contribution is 2.41. The average Bonchev–Trinajstić information content (AvgIpc) is 2.23. The van der Waals surface area contributed by atoms with Gasteiger partial charge in [-0.1, -0.05) is 0 Å². The summed E-state index contributed by atoms with van der Waals surface area (Å²) >= 11 is 3.02. The van der Waals surface area contributed by atoms with Crippen LogP contribution < -0.4 is 4.74 Å². The molecular formula is C10H9BrFNO2. The quantitative estimate of drug-likeness (QED) is 0.902. The molecule has 0 aliphatic rings. The van der Waals surface area contributed by atoms with E-state index in [-0.39, 0.29) is 21.5 Å². The highest BCUT2D eigenvalue weighted by Gasteiger charge is 2.19. The van der Waals surface area contributed by atoms with Gasteiger partial charge in [-0.2, -0.15) is 5.26 Å². The monoisotopic (exact) mass is 273 g/mol. The van der Waals surface area contributed by atoms with Crippen molar-refractivity contribution in [2.24, 2.45) is 0 Å². The molecule has 3 nitrogen and oxygen atoms in total. The minimum atomic E-state index is -0.612. The van der Waals surface area contributed by atoms with Gasteiger partial charge in [0.05, 0.1) is 19.1 Å². The summed E-state index contributed by atoms with van der Waals surface area (Å²) < 4.78 is 18.3. The molecule has 0 saturated heterocycles. The summed E-state index contributed by atoms with van der Waals surface area (Å²) in [6.45, 7) is 1.58. The molecule has 1 unspecified atom stereocenters. The highest BCUT2D eigenvalue weighted by atomic mass is 79.9. The molecule has 1 N–H and O–H groups in total. The SMILES string of the molecule is COc1c(F)cc(C(C)C#N)c(O)c1Br. The number of nitrogens with zero attached hydrogens (tertiary/aromatic N) is 1. The Kier molecular flexibility index (Phi) is 3.53. The predicted molar refractivity (Wildman–Crippen MR) is 56.3 cm³/mol. The van der Waals surface area contributed by atoms with Crippen molar-refractivity contribution in [3.8, 4) is 17.6 Å². The van der Waals surface area contributed by atoms with Crippen LogP contribution >= 0.6 is 15.9 Å². The normalized spacial score (nSPS) is 11.9. The lowest BCUT2D eigenvalue weighted by molar-refractivity contribution is 0.374. The minimum absolute atomic E-state index is 0.0682. The van der Waals surface area contributed by atoms with Gasteiger partial charge in [0.2, 0.25) is 0 Å². The summed E-state index contributed by atoms with van der Waals surface area (Å²) in [4.78, 5) is 0. The van der Waals surface area contributed by atoms with E-state index >= 15 is 0 Å². The zero-order valence-electron chi connectivity index (χ0n) is 8.21. The first-order valence-corrected chi connectivity index (χ1v) is 4.96. The van der Waals surface area contributed by atoms with Gasteiger partial charge in [-0.3, -0.25) is 0 Å². The molecule has 1 aromatic rings. The second-order valence-electron chi connectivity index (χ2n) is 2.99. The Bertz CT molecular complexity index is 428. The number of hydrogen-bond acceptors (Lipinski definition) is 3. The average molecular weight is 274 g/mol. The summed E-state index contributed by atoms with van der Waals surface area (Å²) in [6, 6.07) is 3.03. The molecular weight excluding hydrogens is 265 g/mol. The number of ether oxygens (including phenoxy) is 1. The summed E-state index contributed by atoms with van der Waals surface area (Å²) in [5.41, 5.74) is 0.239. The number of aromatic hydroxyl groups is 1. The summed E-state index contributed by atoms with van der Waals surface area (Å²) in [5, 5.41) is 18.4. The molecule has 1 rings (SSSR count). The van der Waals surface area contributed by atoms with Crippen molar-refractivity contribution in [1.82, 2.24) is 0 Å². The van der Waals surface area contributed by atoms with Gasteiger partial charge in [-0.25, -0.2) is 4.39 Å². The van der Waals surface area contributed by atoms with E-state index in [1.54, 1.807) is 6.92 Å². The van der Waals surface area contributed by atoms with E-state index in [9.17, 15) is 9.50 Å². The lowest BCUT2D eigenvalue weighted by Gasteiger charge is -2.12. The Morgan fingerprint density at radius 1 is 1.67 bits per heavy atom. The first kappa shape index (κ1) is 11.8. The van der Waals surface area contributed by atoms with Gasteiger partial charge < -0.3 is 9.84 Å². The molecule has 1 atom stereocenters. The van der Waals surface area contributed by atoms with Crippen molar-refractivity contribution in [3.63, 3.8) is 0 Å². The van der Waals surface area contributed by atoms with E-state index < -0.39 is 11.7 Å². The van der Waals surface area contributed by atoms with Crippen molar-refractivity contribution in [3.05, 3.63) is 21.9 Å². The van der Waals surface area contributed by atoms with Crippen LogP contribution in [-0.4, -0.2) is 12.2 Å². The molecule has 0 aliphatic heterocycles. The maximum absolute atomic E-state index is 13.4. The Morgan fingerprint density at radius 3 is 2.73 bits per heavy atom. The van der Waals surface area contributed by atoms with Crippen LogP contribution in [0.1, 0.15) is 18.4 Å². The highest BCUT2D eigenvalue weighted by molar-refractivity contribution is 9.10. The van der Waals surface area contributed by atoms with Crippen molar-refractivity contribution >= 4 is 15.9 Å². The Labute approximate surface area is 95.2 Å². The molecule has 15 heavy (non-hydrogen) atoms. The molecule has 0 heterocycles.